The van der Waals surface area contributed by atoms with Gasteiger partial charge < -0.3 is 10.4 Å². The number of carbonyl (C=O) groups is 1. The van der Waals surface area contributed by atoms with E-state index in [0.29, 0.717) is 5.69 Å². The standard InChI is InChI=1S/C17H12FNO2/c18-14-9-4-8-13(17(20)21)16(14)19-15-10-3-6-11-5-1-2-7-12(11)15/h1-10,19H,(H,20,21). The summed E-state index contributed by atoms with van der Waals surface area (Å²) in [4.78, 5) is 11.2. The predicted octanol–water partition coefficient (Wildman–Crippen LogP) is 4.42. The van der Waals surface area contributed by atoms with Crippen molar-refractivity contribution in [3.63, 3.8) is 0 Å². The summed E-state index contributed by atoms with van der Waals surface area (Å²) in [6.45, 7) is 0. The molecular formula is C17H12FNO2. The number of halogens is 1. The largest absolute Gasteiger partial charge is 0.478 e. The third-order valence-corrected chi connectivity index (χ3v) is 3.29. The van der Waals surface area contributed by atoms with E-state index in [-0.39, 0.29) is 11.3 Å². The molecule has 3 rings (SSSR count). The highest BCUT2D eigenvalue weighted by atomic mass is 19.1. The summed E-state index contributed by atoms with van der Waals surface area (Å²) in [5.74, 6) is -1.76. The molecule has 0 fully saturated rings. The Morgan fingerprint density at radius 3 is 2.48 bits per heavy atom. The summed E-state index contributed by atoms with van der Waals surface area (Å²) < 4.78 is 14.0. The molecule has 3 aromatic rings. The topological polar surface area (TPSA) is 49.3 Å². The van der Waals surface area contributed by atoms with Crippen LogP contribution in [0.4, 0.5) is 15.8 Å². The number of anilines is 2. The summed E-state index contributed by atoms with van der Waals surface area (Å²) in [7, 11) is 0. The van der Waals surface area contributed by atoms with Crippen molar-refractivity contribution < 1.29 is 14.3 Å². The smallest absolute Gasteiger partial charge is 0.337 e. The monoisotopic (exact) mass is 281 g/mol. The molecule has 4 heteroatoms. The fourth-order valence-corrected chi connectivity index (χ4v) is 2.30. The van der Waals surface area contributed by atoms with Gasteiger partial charge in [-0.3, -0.25) is 0 Å². The Balaban J connectivity index is 2.13. The maximum absolute atomic E-state index is 14.0. The molecule has 3 aromatic carbocycles. The van der Waals surface area contributed by atoms with E-state index in [9.17, 15) is 14.3 Å². The maximum Gasteiger partial charge on any atom is 0.337 e. The third-order valence-electron chi connectivity index (χ3n) is 3.29. The number of aromatic carboxylic acids is 1. The molecule has 0 aromatic heterocycles. The van der Waals surface area contributed by atoms with Crippen molar-refractivity contribution in [2.24, 2.45) is 0 Å². The fraction of sp³-hybridized carbons (Fsp3) is 0. The first-order valence-electron chi connectivity index (χ1n) is 6.43. The van der Waals surface area contributed by atoms with Gasteiger partial charge in [-0.15, -0.1) is 0 Å². The summed E-state index contributed by atoms with van der Waals surface area (Å²) >= 11 is 0. The summed E-state index contributed by atoms with van der Waals surface area (Å²) in [6, 6.07) is 17.2. The Bertz CT molecular complexity index is 825. The number of nitrogens with one attached hydrogen (secondary N) is 1. The van der Waals surface area contributed by atoms with E-state index in [0.717, 1.165) is 10.8 Å². The number of rotatable bonds is 3. The zero-order chi connectivity index (χ0) is 14.8. The van der Waals surface area contributed by atoms with Crippen molar-refractivity contribution >= 4 is 28.1 Å². The SMILES string of the molecule is O=C(O)c1cccc(F)c1Nc1cccc2ccccc12. The lowest BCUT2D eigenvalue weighted by Gasteiger charge is -2.12. The molecule has 0 saturated heterocycles. The number of carboxylic acids is 1. The van der Waals surface area contributed by atoms with Gasteiger partial charge in [0.2, 0.25) is 0 Å². The highest BCUT2D eigenvalue weighted by Gasteiger charge is 2.15. The maximum atomic E-state index is 14.0. The van der Waals surface area contributed by atoms with Crippen LogP contribution in [0.15, 0.2) is 60.7 Å². The van der Waals surface area contributed by atoms with Gasteiger partial charge in [-0.25, -0.2) is 9.18 Å². The van der Waals surface area contributed by atoms with Crippen molar-refractivity contribution in [2.75, 3.05) is 5.32 Å². The number of hydrogen-bond acceptors (Lipinski definition) is 2. The second-order valence-corrected chi connectivity index (χ2v) is 4.62. The summed E-state index contributed by atoms with van der Waals surface area (Å²) in [6.07, 6.45) is 0. The van der Waals surface area contributed by atoms with Crippen LogP contribution in [0.25, 0.3) is 10.8 Å². The molecule has 0 spiro atoms. The molecule has 2 N–H and O–H groups in total. The first-order valence-corrected chi connectivity index (χ1v) is 6.43. The zero-order valence-electron chi connectivity index (χ0n) is 11.0. The van der Waals surface area contributed by atoms with Gasteiger partial charge in [0, 0.05) is 11.1 Å². The molecule has 0 atom stereocenters. The average molecular weight is 281 g/mol. The van der Waals surface area contributed by atoms with E-state index in [1.807, 2.05) is 36.4 Å². The molecular weight excluding hydrogens is 269 g/mol. The Morgan fingerprint density at radius 2 is 1.67 bits per heavy atom. The van der Waals surface area contributed by atoms with Gasteiger partial charge in [-0.05, 0) is 23.6 Å². The van der Waals surface area contributed by atoms with E-state index in [4.69, 9.17) is 0 Å². The quantitative estimate of drug-likeness (QED) is 0.747. The van der Waals surface area contributed by atoms with Crippen LogP contribution in [-0.2, 0) is 0 Å². The van der Waals surface area contributed by atoms with Crippen LogP contribution in [0, 0.1) is 5.82 Å². The van der Waals surface area contributed by atoms with Gasteiger partial charge in [-0.2, -0.15) is 0 Å². The van der Waals surface area contributed by atoms with Gasteiger partial charge >= 0.3 is 5.97 Å². The zero-order valence-corrected chi connectivity index (χ0v) is 11.0. The van der Waals surface area contributed by atoms with Gasteiger partial charge in [0.25, 0.3) is 0 Å². The minimum absolute atomic E-state index is 0.0265. The van der Waals surface area contributed by atoms with Gasteiger partial charge in [0.1, 0.15) is 5.82 Å². The van der Waals surface area contributed by atoms with Crippen LogP contribution in [-0.4, -0.2) is 11.1 Å². The second-order valence-electron chi connectivity index (χ2n) is 4.62. The van der Waals surface area contributed by atoms with E-state index in [1.54, 1.807) is 6.07 Å². The fourth-order valence-electron chi connectivity index (χ4n) is 2.30. The minimum atomic E-state index is -1.17. The lowest BCUT2D eigenvalue weighted by atomic mass is 10.1. The van der Waals surface area contributed by atoms with E-state index >= 15 is 0 Å². The third kappa shape index (κ3) is 2.43. The molecule has 104 valence electrons. The lowest BCUT2D eigenvalue weighted by molar-refractivity contribution is 0.0697. The molecule has 0 amide bonds. The Kier molecular flexibility index (Phi) is 3.28. The van der Waals surface area contributed by atoms with Gasteiger partial charge in [0.05, 0.1) is 11.3 Å². The van der Waals surface area contributed by atoms with Crippen LogP contribution in [0.1, 0.15) is 10.4 Å². The number of para-hydroxylation sites is 1. The molecule has 0 bridgehead atoms. The molecule has 0 saturated carbocycles. The van der Waals surface area contributed by atoms with Crippen LogP contribution in [0.2, 0.25) is 0 Å². The highest BCUT2D eigenvalue weighted by Crippen LogP contribution is 2.29. The first kappa shape index (κ1) is 13.1. The van der Waals surface area contributed by atoms with E-state index < -0.39 is 11.8 Å². The molecule has 0 aliphatic rings. The lowest BCUT2D eigenvalue weighted by Crippen LogP contribution is -2.05. The predicted molar refractivity (Wildman–Crippen MR) is 80.6 cm³/mol. The van der Waals surface area contributed by atoms with Crippen LogP contribution < -0.4 is 5.32 Å². The van der Waals surface area contributed by atoms with E-state index in [1.165, 1.54) is 18.2 Å². The first-order chi connectivity index (χ1) is 10.2. The number of carboxylic acid groups (broad SMARTS) is 1. The van der Waals surface area contributed by atoms with Crippen molar-refractivity contribution in [3.8, 4) is 0 Å². The Hall–Kier alpha value is -2.88. The van der Waals surface area contributed by atoms with Crippen LogP contribution in [0.3, 0.4) is 0 Å². The molecule has 0 unspecified atom stereocenters. The molecule has 0 heterocycles. The van der Waals surface area contributed by atoms with Crippen molar-refractivity contribution in [3.05, 3.63) is 72.0 Å². The molecule has 0 radical (unpaired) electrons. The van der Waals surface area contributed by atoms with Crippen molar-refractivity contribution in [1.82, 2.24) is 0 Å². The van der Waals surface area contributed by atoms with Crippen molar-refractivity contribution in [1.29, 1.82) is 0 Å². The highest BCUT2D eigenvalue weighted by molar-refractivity contribution is 5.99. The molecule has 21 heavy (non-hydrogen) atoms. The Morgan fingerprint density at radius 1 is 0.952 bits per heavy atom. The normalized spacial score (nSPS) is 10.5. The Labute approximate surface area is 120 Å². The average Bonchev–Trinajstić information content (AvgIpc) is 2.49. The van der Waals surface area contributed by atoms with Gasteiger partial charge in [-0.1, -0.05) is 42.5 Å². The number of fused-ring (bicyclic) bond motifs is 1. The minimum Gasteiger partial charge on any atom is -0.478 e. The summed E-state index contributed by atoms with van der Waals surface area (Å²) in [5.41, 5.74) is 0.546. The van der Waals surface area contributed by atoms with E-state index in [2.05, 4.69) is 5.32 Å². The second kappa shape index (κ2) is 5.25. The number of hydrogen-bond donors (Lipinski definition) is 2. The molecule has 0 aliphatic heterocycles. The molecule has 0 aliphatic carbocycles. The van der Waals surface area contributed by atoms with Crippen LogP contribution in [0.5, 0.6) is 0 Å². The summed E-state index contributed by atoms with van der Waals surface area (Å²) in [5, 5.41) is 14.0. The van der Waals surface area contributed by atoms with Crippen molar-refractivity contribution in [2.45, 2.75) is 0 Å². The number of benzene rings is 3. The molecule has 3 nitrogen and oxygen atoms in total. The van der Waals surface area contributed by atoms with Crippen LogP contribution >= 0.6 is 0 Å². The van der Waals surface area contributed by atoms with Gasteiger partial charge in [0.15, 0.2) is 0 Å².